The number of hydrogen-bond donors (Lipinski definition) is 3. The van der Waals surface area contributed by atoms with Crippen molar-refractivity contribution in [2.75, 3.05) is 6.61 Å². The van der Waals surface area contributed by atoms with E-state index in [1.165, 1.54) is 6.92 Å². The van der Waals surface area contributed by atoms with E-state index in [4.69, 9.17) is 9.84 Å². The van der Waals surface area contributed by atoms with Crippen LogP contribution in [0.5, 0.6) is 0 Å². The lowest BCUT2D eigenvalue weighted by molar-refractivity contribution is -0.182. The Bertz CT molecular complexity index is 150. The second kappa shape index (κ2) is 2.99. The predicted molar refractivity (Wildman–Crippen MR) is 41.3 cm³/mol. The molecule has 0 aromatic rings. The van der Waals surface area contributed by atoms with Crippen LogP contribution in [-0.2, 0) is 4.74 Å². The van der Waals surface area contributed by atoms with E-state index in [1.807, 2.05) is 0 Å². The van der Waals surface area contributed by atoms with Gasteiger partial charge in [0.05, 0.1) is 11.4 Å². The highest BCUT2D eigenvalue weighted by molar-refractivity contribution is 9.09. The van der Waals surface area contributed by atoms with Crippen LogP contribution in [0.15, 0.2) is 0 Å². The average Bonchev–Trinajstić information content (AvgIpc) is 2.13. The maximum atomic E-state index is 9.39. The van der Waals surface area contributed by atoms with Gasteiger partial charge in [-0.25, -0.2) is 0 Å². The number of ether oxygens (including phenoxy) is 1. The van der Waals surface area contributed by atoms with E-state index in [2.05, 4.69) is 15.9 Å². The van der Waals surface area contributed by atoms with Gasteiger partial charge in [0, 0.05) is 0 Å². The third kappa shape index (κ3) is 1.57. The summed E-state index contributed by atoms with van der Waals surface area (Å²) in [4.78, 5) is -0.549. The maximum absolute atomic E-state index is 9.39. The van der Waals surface area contributed by atoms with Crippen molar-refractivity contribution < 1.29 is 20.1 Å². The normalized spacial score (nSPS) is 51.5. The maximum Gasteiger partial charge on any atom is 0.178 e. The number of alkyl halides is 1. The third-order valence-corrected chi connectivity index (χ3v) is 3.15. The Morgan fingerprint density at radius 2 is 2.18 bits per heavy atom. The highest BCUT2D eigenvalue weighted by atomic mass is 79.9. The van der Waals surface area contributed by atoms with Crippen molar-refractivity contribution >= 4 is 15.9 Å². The van der Waals surface area contributed by atoms with Gasteiger partial charge in [-0.1, -0.05) is 15.9 Å². The smallest absolute Gasteiger partial charge is 0.178 e. The third-order valence-electron chi connectivity index (χ3n) is 1.76. The first-order valence-electron chi connectivity index (χ1n) is 3.32. The Morgan fingerprint density at radius 1 is 1.64 bits per heavy atom. The van der Waals surface area contributed by atoms with Gasteiger partial charge in [-0.15, -0.1) is 0 Å². The molecule has 0 aromatic carbocycles. The molecule has 5 heteroatoms. The van der Waals surface area contributed by atoms with E-state index in [-0.39, 0.29) is 6.61 Å². The van der Waals surface area contributed by atoms with E-state index >= 15 is 0 Å². The van der Waals surface area contributed by atoms with Crippen molar-refractivity contribution in [3.63, 3.8) is 0 Å². The molecular formula is C6H11BrO4. The van der Waals surface area contributed by atoms with Gasteiger partial charge in [-0.2, -0.15) is 0 Å². The first-order valence-corrected chi connectivity index (χ1v) is 4.24. The fourth-order valence-electron chi connectivity index (χ4n) is 1.09. The van der Waals surface area contributed by atoms with Crippen LogP contribution in [0.2, 0.25) is 0 Å². The summed E-state index contributed by atoms with van der Waals surface area (Å²) in [6.45, 7) is 1.14. The molecule has 1 heterocycles. The van der Waals surface area contributed by atoms with Gasteiger partial charge in [0.15, 0.2) is 5.79 Å². The summed E-state index contributed by atoms with van der Waals surface area (Å²) in [7, 11) is 0. The van der Waals surface area contributed by atoms with Gasteiger partial charge in [-0.3, -0.25) is 0 Å². The van der Waals surface area contributed by atoms with Crippen LogP contribution in [0.25, 0.3) is 0 Å². The minimum absolute atomic E-state index is 0.292. The molecule has 0 amide bonds. The molecule has 0 bridgehead atoms. The SMILES string of the molecule is CC1(O)O[C@H](CO)[C@@H](O)[C@@H]1Br. The zero-order valence-electron chi connectivity index (χ0n) is 6.07. The van der Waals surface area contributed by atoms with Crippen LogP contribution >= 0.6 is 15.9 Å². The molecule has 0 aliphatic carbocycles. The van der Waals surface area contributed by atoms with Crippen molar-refractivity contribution in [1.29, 1.82) is 0 Å². The van der Waals surface area contributed by atoms with Crippen LogP contribution in [-0.4, -0.2) is 44.7 Å². The van der Waals surface area contributed by atoms with Gasteiger partial charge in [0.2, 0.25) is 0 Å². The topological polar surface area (TPSA) is 69.9 Å². The molecule has 1 saturated heterocycles. The fraction of sp³-hybridized carbons (Fsp3) is 1.00. The minimum atomic E-state index is -1.40. The van der Waals surface area contributed by atoms with Crippen molar-refractivity contribution in [2.24, 2.45) is 0 Å². The molecule has 4 atom stereocenters. The lowest BCUT2D eigenvalue weighted by Crippen LogP contribution is -2.35. The van der Waals surface area contributed by atoms with Crippen LogP contribution in [0.4, 0.5) is 0 Å². The molecule has 3 N–H and O–H groups in total. The van der Waals surface area contributed by atoms with Gasteiger partial charge < -0.3 is 20.1 Å². The number of aliphatic hydroxyl groups is 3. The molecule has 0 radical (unpaired) electrons. The van der Waals surface area contributed by atoms with Crippen molar-refractivity contribution in [3.05, 3.63) is 0 Å². The highest BCUT2D eigenvalue weighted by Crippen LogP contribution is 2.33. The molecule has 1 rings (SSSR count). The molecule has 1 aliphatic heterocycles. The molecule has 0 aromatic heterocycles. The monoisotopic (exact) mass is 226 g/mol. The Kier molecular flexibility index (Phi) is 2.56. The van der Waals surface area contributed by atoms with Gasteiger partial charge in [0.1, 0.15) is 12.2 Å². The number of rotatable bonds is 1. The largest absolute Gasteiger partial charge is 0.394 e. The molecule has 0 saturated carbocycles. The zero-order chi connectivity index (χ0) is 8.65. The minimum Gasteiger partial charge on any atom is -0.394 e. The van der Waals surface area contributed by atoms with Crippen molar-refractivity contribution in [1.82, 2.24) is 0 Å². The molecule has 0 spiro atoms. The zero-order valence-corrected chi connectivity index (χ0v) is 7.65. The quantitative estimate of drug-likeness (QED) is 0.513. The molecule has 66 valence electrons. The summed E-state index contributed by atoms with van der Waals surface area (Å²) in [6.07, 6.45) is -1.57. The molecule has 11 heavy (non-hydrogen) atoms. The van der Waals surface area contributed by atoms with Crippen LogP contribution in [0.1, 0.15) is 6.92 Å². The van der Waals surface area contributed by atoms with E-state index in [9.17, 15) is 10.2 Å². The van der Waals surface area contributed by atoms with Gasteiger partial charge >= 0.3 is 0 Å². The Hall–Kier alpha value is 0.320. The summed E-state index contributed by atoms with van der Waals surface area (Å²) in [5.41, 5.74) is 0. The molecule has 1 aliphatic rings. The second-order valence-electron chi connectivity index (χ2n) is 2.79. The predicted octanol–water partition coefficient (Wildman–Crippen LogP) is -0.790. The molecular weight excluding hydrogens is 216 g/mol. The average molecular weight is 227 g/mol. The summed E-state index contributed by atoms with van der Waals surface area (Å²) >= 11 is 3.07. The summed E-state index contributed by atoms with van der Waals surface area (Å²) in [5.74, 6) is -1.40. The second-order valence-corrected chi connectivity index (χ2v) is 3.77. The first-order chi connectivity index (χ1) is 4.99. The summed E-state index contributed by atoms with van der Waals surface area (Å²) < 4.78 is 4.93. The first kappa shape index (κ1) is 9.41. The Morgan fingerprint density at radius 3 is 2.36 bits per heavy atom. The number of aliphatic hydroxyl groups excluding tert-OH is 2. The number of hydrogen-bond acceptors (Lipinski definition) is 4. The van der Waals surface area contributed by atoms with Crippen LogP contribution in [0, 0.1) is 0 Å². The highest BCUT2D eigenvalue weighted by Gasteiger charge is 2.49. The Labute approximate surface area is 72.9 Å². The molecule has 1 fully saturated rings. The lowest BCUT2D eigenvalue weighted by atomic mass is 10.1. The van der Waals surface area contributed by atoms with Crippen molar-refractivity contribution in [3.8, 4) is 0 Å². The van der Waals surface area contributed by atoms with E-state index < -0.39 is 22.8 Å². The Balaban J connectivity index is 2.69. The van der Waals surface area contributed by atoms with Crippen LogP contribution < -0.4 is 0 Å². The molecule has 4 nitrogen and oxygen atoms in total. The van der Waals surface area contributed by atoms with Gasteiger partial charge in [0.25, 0.3) is 0 Å². The fourth-order valence-corrected chi connectivity index (χ4v) is 1.54. The summed E-state index contributed by atoms with van der Waals surface area (Å²) in [6, 6.07) is 0. The van der Waals surface area contributed by atoms with Crippen LogP contribution in [0.3, 0.4) is 0 Å². The lowest BCUT2D eigenvalue weighted by Gasteiger charge is -2.19. The number of halogens is 1. The molecule has 1 unspecified atom stereocenters. The van der Waals surface area contributed by atoms with Crippen molar-refractivity contribution in [2.45, 2.75) is 29.7 Å². The summed E-state index contributed by atoms with van der Waals surface area (Å²) in [5, 5.41) is 27.4. The van der Waals surface area contributed by atoms with E-state index in [0.717, 1.165) is 0 Å². The standard InChI is InChI=1S/C6H11BrO4/c1-6(10)5(7)4(9)3(2-8)11-6/h3-5,8-10H,2H2,1H3/t3-,4-,5+,6?/m1/s1. The van der Waals surface area contributed by atoms with E-state index in [1.54, 1.807) is 0 Å². The van der Waals surface area contributed by atoms with E-state index in [0.29, 0.717) is 0 Å². The van der Waals surface area contributed by atoms with Gasteiger partial charge in [-0.05, 0) is 6.92 Å².